The van der Waals surface area contributed by atoms with Gasteiger partial charge in [-0.15, -0.1) is 0 Å². The van der Waals surface area contributed by atoms with Gasteiger partial charge in [0.15, 0.2) is 11.5 Å². The van der Waals surface area contributed by atoms with Crippen molar-refractivity contribution in [1.82, 2.24) is 5.32 Å². The van der Waals surface area contributed by atoms with Crippen LogP contribution in [0, 0.1) is 0 Å². The van der Waals surface area contributed by atoms with Crippen LogP contribution in [0.15, 0.2) is 36.4 Å². The van der Waals surface area contributed by atoms with E-state index in [-0.39, 0.29) is 6.04 Å². The van der Waals surface area contributed by atoms with Crippen LogP contribution in [0.25, 0.3) is 0 Å². The minimum Gasteiger partial charge on any atom is -0.493 e. The number of methoxy groups -OCH3 is 3. The summed E-state index contributed by atoms with van der Waals surface area (Å²) in [7, 11) is 4.86. The number of hydrogen-bond acceptors (Lipinski definition) is 5. The number of fused-ring (bicyclic) bond motifs is 1. The summed E-state index contributed by atoms with van der Waals surface area (Å²) in [6.07, 6.45) is 0.959. The first-order chi connectivity index (χ1) is 11.7. The first kappa shape index (κ1) is 16.5. The van der Waals surface area contributed by atoms with Crippen molar-refractivity contribution < 1.29 is 18.9 Å². The minimum atomic E-state index is 0.277. The van der Waals surface area contributed by atoms with Gasteiger partial charge in [-0.25, -0.2) is 0 Å². The van der Waals surface area contributed by atoms with E-state index in [1.54, 1.807) is 21.3 Å². The Hall–Kier alpha value is -2.40. The third-order valence-electron chi connectivity index (χ3n) is 4.20. The van der Waals surface area contributed by atoms with Crippen LogP contribution < -0.4 is 24.3 Å². The Balaban J connectivity index is 1.69. The number of hydrogen-bond donors (Lipinski definition) is 1. The highest BCUT2D eigenvalue weighted by Gasteiger charge is 2.19. The van der Waals surface area contributed by atoms with Crippen LogP contribution in [0.4, 0.5) is 0 Å². The van der Waals surface area contributed by atoms with Gasteiger partial charge in [0.2, 0.25) is 5.75 Å². The summed E-state index contributed by atoms with van der Waals surface area (Å²) in [5, 5.41) is 3.54. The highest BCUT2D eigenvalue weighted by atomic mass is 16.5. The summed E-state index contributed by atoms with van der Waals surface area (Å²) in [5.74, 6) is 2.93. The van der Waals surface area contributed by atoms with Crippen molar-refractivity contribution >= 4 is 0 Å². The molecule has 0 amide bonds. The normalized spacial score (nSPS) is 16.0. The molecule has 1 aliphatic heterocycles. The maximum atomic E-state index is 5.82. The molecule has 0 bridgehead atoms. The monoisotopic (exact) mass is 329 g/mol. The van der Waals surface area contributed by atoms with Gasteiger partial charge in [-0.2, -0.15) is 0 Å². The molecular formula is C19H23NO4. The number of nitrogens with one attached hydrogen (secondary N) is 1. The lowest BCUT2D eigenvalue weighted by atomic mass is 10.0. The molecule has 5 heteroatoms. The standard InChI is InChI=1S/C19H23NO4/c1-21-17-8-13(9-18(22-2)19(17)23-3)11-20-15-10-14-6-4-5-7-16(14)24-12-15/h4-9,15,20H,10-12H2,1-3H3. The van der Waals surface area contributed by atoms with Crippen LogP contribution in [0.3, 0.4) is 0 Å². The van der Waals surface area contributed by atoms with Gasteiger partial charge in [-0.05, 0) is 35.7 Å². The van der Waals surface area contributed by atoms with Crippen LogP contribution in [0.2, 0.25) is 0 Å². The van der Waals surface area contributed by atoms with E-state index in [1.807, 2.05) is 30.3 Å². The molecule has 2 aromatic rings. The summed E-state index contributed by atoms with van der Waals surface area (Å²) in [4.78, 5) is 0. The summed E-state index contributed by atoms with van der Waals surface area (Å²) in [6.45, 7) is 1.37. The molecule has 1 N–H and O–H groups in total. The zero-order valence-corrected chi connectivity index (χ0v) is 14.3. The predicted molar refractivity (Wildman–Crippen MR) is 92.4 cm³/mol. The molecule has 0 aliphatic carbocycles. The Bertz CT molecular complexity index is 677. The fourth-order valence-corrected chi connectivity index (χ4v) is 2.96. The fraction of sp³-hybridized carbons (Fsp3) is 0.368. The molecule has 128 valence electrons. The highest BCUT2D eigenvalue weighted by Crippen LogP contribution is 2.38. The van der Waals surface area contributed by atoms with Crippen molar-refractivity contribution in [3.05, 3.63) is 47.5 Å². The molecule has 0 aromatic heterocycles. The van der Waals surface area contributed by atoms with Gasteiger partial charge < -0.3 is 24.3 Å². The first-order valence-corrected chi connectivity index (χ1v) is 7.98. The van der Waals surface area contributed by atoms with Gasteiger partial charge in [-0.1, -0.05) is 18.2 Å². The summed E-state index contributed by atoms with van der Waals surface area (Å²) in [6, 6.07) is 12.4. The van der Waals surface area contributed by atoms with Gasteiger partial charge in [-0.3, -0.25) is 0 Å². The van der Waals surface area contributed by atoms with Crippen LogP contribution >= 0.6 is 0 Å². The second-order valence-electron chi connectivity index (χ2n) is 5.73. The average molecular weight is 329 g/mol. The number of rotatable bonds is 6. The lowest BCUT2D eigenvalue weighted by Gasteiger charge is -2.26. The highest BCUT2D eigenvalue weighted by molar-refractivity contribution is 5.53. The van der Waals surface area contributed by atoms with Crippen molar-refractivity contribution in [2.75, 3.05) is 27.9 Å². The average Bonchev–Trinajstić information content (AvgIpc) is 2.65. The van der Waals surface area contributed by atoms with E-state index in [0.29, 0.717) is 30.4 Å². The molecular weight excluding hydrogens is 306 g/mol. The minimum absolute atomic E-state index is 0.277. The zero-order valence-electron chi connectivity index (χ0n) is 14.3. The van der Waals surface area contributed by atoms with E-state index in [0.717, 1.165) is 17.7 Å². The number of para-hydroxylation sites is 1. The van der Waals surface area contributed by atoms with Crippen molar-refractivity contribution in [3.63, 3.8) is 0 Å². The van der Waals surface area contributed by atoms with Crippen molar-refractivity contribution in [3.8, 4) is 23.0 Å². The van der Waals surface area contributed by atoms with Crippen LogP contribution in [-0.2, 0) is 13.0 Å². The van der Waals surface area contributed by atoms with E-state index in [1.165, 1.54) is 5.56 Å². The third kappa shape index (κ3) is 3.41. The SMILES string of the molecule is COc1cc(CNC2COc3ccccc3C2)cc(OC)c1OC. The Morgan fingerprint density at radius 3 is 2.42 bits per heavy atom. The zero-order chi connectivity index (χ0) is 16.9. The number of ether oxygens (including phenoxy) is 4. The Morgan fingerprint density at radius 2 is 1.75 bits per heavy atom. The fourth-order valence-electron chi connectivity index (χ4n) is 2.96. The lowest BCUT2D eigenvalue weighted by Crippen LogP contribution is -2.38. The molecule has 0 saturated carbocycles. The predicted octanol–water partition coefficient (Wildman–Crippen LogP) is 2.81. The van der Waals surface area contributed by atoms with Crippen molar-refractivity contribution in [1.29, 1.82) is 0 Å². The Morgan fingerprint density at radius 1 is 1.04 bits per heavy atom. The van der Waals surface area contributed by atoms with Gasteiger partial charge in [0.1, 0.15) is 12.4 Å². The molecule has 1 aliphatic rings. The topological polar surface area (TPSA) is 49.0 Å². The smallest absolute Gasteiger partial charge is 0.203 e. The number of benzene rings is 2. The molecule has 0 spiro atoms. The molecule has 2 aromatic carbocycles. The van der Waals surface area contributed by atoms with E-state index in [4.69, 9.17) is 18.9 Å². The Kier molecular flexibility index (Phi) is 5.11. The van der Waals surface area contributed by atoms with Gasteiger partial charge in [0, 0.05) is 12.6 Å². The summed E-state index contributed by atoms with van der Waals surface area (Å²) < 4.78 is 22.0. The second kappa shape index (κ2) is 7.45. The van der Waals surface area contributed by atoms with E-state index >= 15 is 0 Å². The Labute approximate surface area is 142 Å². The van der Waals surface area contributed by atoms with E-state index < -0.39 is 0 Å². The molecule has 24 heavy (non-hydrogen) atoms. The summed E-state index contributed by atoms with van der Waals surface area (Å²) >= 11 is 0. The molecule has 0 fully saturated rings. The van der Waals surface area contributed by atoms with Crippen LogP contribution in [0.1, 0.15) is 11.1 Å². The molecule has 5 nitrogen and oxygen atoms in total. The van der Waals surface area contributed by atoms with Crippen molar-refractivity contribution in [2.24, 2.45) is 0 Å². The van der Waals surface area contributed by atoms with Crippen molar-refractivity contribution in [2.45, 2.75) is 19.0 Å². The summed E-state index contributed by atoms with van der Waals surface area (Å²) in [5.41, 5.74) is 2.31. The third-order valence-corrected chi connectivity index (χ3v) is 4.20. The van der Waals surface area contributed by atoms with Gasteiger partial charge in [0.05, 0.1) is 21.3 Å². The largest absolute Gasteiger partial charge is 0.493 e. The maximum Gasteiger partial charge on any atom is 0.203 e. The molecule has 0 radical (unpaired) electrons. The quantitative estimate of drug-likeness (QED) is 0.883. The molecule has 0 saturated heterocycles. The van der Waals surface area contributed by atoms with Gasteiger partial charge >= 0.3 is 0 Å². The molecule has 1 atom stereocenters. The van der Waals surface area contributed by atoms with E-state index in [9.17, 15) is 0 Å². The van der Waals surface area contributed by atoms with Crippen LogP contribution in [-0.4, -0.2) is 34.0 Å². The molecule has 1 heterocycles. The van der Waals surface area contributed by atoms with Crippen LogP contribution in [0.5, 0.6) is 23.0 Å². The second-order valence-corrected chi connectivity index (χ2v) is 5.73. The lowest BCUT2D eigenvalue weighted by molar-refractivity contribution is 0.238. The first-order valence-electron chi connectivity index (χ1n) is 7.98. The van der Waals surface area contributed by atoms with E-state index in [2.05, 4.69) is 11.4 Å². The maximum absolute atomic E-state index is 5.82. The molecule has 1 unspecified atom stereocenters. The van der Waals surface area contributed by atoms with Gasteiger partial charge in [0.25, 0.3) is 0 Å². The molecule has 3 rings (SSSR count).